The molecule has 0 fully saturated rings. The molecule has 0 aromatic carbocycles. The molecule has 0 bridgehead atoms. The fraction of sp³-hybridized carbons (Fsp3) is 0.875. The van der Waals surface area contributed by atoms with E-state index >= 15 is 0 Å². The Morgan fingerprint density at radius 3 is 2.44 bits per heavy atom. The van der Waals surface area contributed by atoms with Gasteiger partial charge in [0, 0.05) is 13.0 Å². The predicted molar refractivity (Wildman–Crippen MR) is 46.5 cm³/mol. The third kappa shape index (κ3) is 8.42. The zero-order valence-corrected chi connectivity index (χ0v) is 8.34. The van der Waals surface area contributed by atoms with Crippen molar-refractivity contribution >= 4 is 5.91 Å². The summed E-state index contributed by atoms with van der Waals surface area (Å²) in [5.74, 6) is -0.644. The molecule has 1 unspecified atom stereocenters. The maximum Gasteiger partial charge on any atom is 0.265 e. The molecule has 96 valence electrons. The number of halogens is 4. The molecular weight excluding hydrogens is 234 g/mol. The number of aliphatic hydroxyl groups is 1. The first kappa shape index (κ1) is 15.1. The van der Waals surface area contributed by atoms with Crippen molar-refractivity contribution in [2.45, 2.75) is 25.4 Å². The number of ether oxygens (including phenoxy) is 1. The first-order chi connectivity index (χ1) is 7.43. The standard InChI is InChI=1S/C8H13F4NO3/c9-6(10)4-16-2-1-7(15)13-3-5(14)8(11)12/h5-6,8,14H,1-4H2,(H,13,15). The molecule has 8 heteroatoms. The number of carbonyl (C=O) groups excluding carboxylic acids is 1. The van der Waals surface area contributed by atoms with Crippen LogP contribution in [0.25, 0.3) is 0 Å². The van der Waals surface area contributed by atoms with Gasteiger partial charge in [-0.1, -0.05) is 0 Å². The molecular formula is C8H13F4NO3. The molecule has 16 heavy (non-hydrogen) atoms. The molecule has 0 radical (unpaired) electrons. The van der Waals surface area contributed by atoms with Gasteiger partial charge in [-0.15, -0.1) is 0 Å². The van der Waals surface area contributed by atoms with Crippen molar-refractivity contribution in [2.75, 3.05) is 19.8 Å². The molecule has 0 aliphatic rings. The predicted octanol–water partition coefficient (Wildman–Crippen LogP) is 0.400. The molecule has 0 aromatic heterocycles. The van der Waals surface area contributed by atoms with Gasteiger partial charge in [0.1, 0.15) is 12.7 Å². The normalized spacial score (nSPS) is 13.2. The average Bonchev–Trinajstić information content (AvgIpc) is 2.20. The largest absolute Gasteiger partial charge is 0.385 e. The molecule has 4 nitrogen and oxygen atoms in total. The molecule has 1 amide bonds. The number of nitrogens with one attached hydrogen (secondary N) is 1. The quantitative estimate of drug-likeness (QED) is 0.482. The highest BCUT2D eigenvalue weighted by molar-refractivity contribution is 5.75. The number of rotatable bonds is 8. The Morgan fingerprint density at radius 1 is 1.31 bits per heavy atom. The summed E-state index contributed by atoms with van der Waals surface area (Å²) in [7, 11) is 0. The minimum atomic E-state index is -2.93. The third-order valence-corrected chi connectivity index (χ3v) is 1.52. The molecule has 0 rings (SSSR count). The maximum atomic E-state index is 11.8. The Balaban J connectivity index is 3.45. The highest BCUT2D eigenvalue weighted by Crippen LogP contribution is 1.98. The van der Waals surface area contributed by atoms with Gasteiger partial charge in [0.05, 0.1) is 6.61 Å². The van der Waals surface area contributed by atoms with Crippen molar-refractivity contribution in [1.29, 1.82) is 0 Å². The number of amides is 1. The second kappa shape index (κ2) is 8.28. The Morgan fingerprint density at radius 2 is 1.94 bits per heavy atom. The molecule has 0 aliphatic carbocycles. The number of alkyl halides is 4. The SMILES string of the molecule is O=C(CCOCC(F)F)NCC(O)C(F)F. The van der Waals surface area contributed by atoms with Crippen LogP contribution in [0.1, 0.15) is 6.42 Å². The second-order valence-electron chi connectivity index (χ2n) is 2.92. The first-order valence-corrected chi connectivity index (χ1v) is 4.52. The van der Waals surface area contributed by atoms with Crippen molar-refractivity contribution in [3.63, 3.8) is 0 Å². The van der Waals surface area contributed by atoms with E-state index in [0.29, 0.717) is 0 Å². The van der Waals surface area contributed by atoms with E-state index in [1.165, 1.54) is 0 Å². The van der Waals surface area contributed by atoms with E-state index in [-0.39, 0.29) is 13.0 Å². The van der Waals surface area contributed by atoms with Crippen LogP contribution in [0.2, 0.25) is 0 Å². The van der Waals surface area contributed by atoms with E-state index in [9.17, 15) is 22.4 Å². The molecule has 0 aromatic rings. The Hall–Kier alpha value is -0.890. The van der Waals surface area contributed by atoms with Gasteiger partial charge in [0.15, 0.2) is 0 Å². The summed E-state index contributed by atoms with van der Waals surface area (Å²) >= 11 is 0. The fourth-order valence-electron chi connectivity index (χ4n) is 0.733. The van der Waals surface area contributed by atoms with Crippen LogP contribution < -0.4 is 5.32 Å². The van der Waals surface area contributed by atoms with Crippen LogP contribution >= 0.6 is 0 Å². The van der Waals surface area contributed by atoms with Crippen LogP contribution in [-0.2, 0) is 9.53 Å². The van der Waals surface area contributed by atoms with Crippen LogP contribution in [0.4, 0.5) is 17.6 Å². The lowest BCUT2D eigenvalue weighted by atomic mass is 10.3. The van der Waals surface area contributed by atoms with Crippen molar-refractivity contribution in [1.82, 2.24) is 5.32 Å². The summed E-state index contributed by atoms with van der Waals surface area (Å²) in [5.41, 5.74) is 0. The average molecular weight is 247 g/mol. The van der Waals surface area contributed by atoms with Gasteiger partial charge in [-0.3, -0.25) is 4.79 Å². The zero-order chi connectivity index (χ0) is 12.6. The van der Waals surface area contributed by atoms with Gasteiger partial charge in [-0.25, -0.2) is 17.6 Å². The van der Waals surface area contributed by atoms with Crippen molar-refractivity contribution in [3.8, 4) is 0 Å². The van der Waals surface area contributed by atoms with Crippen LogP contribution in [0.3, 0.4) is 0 Å². The lowest BCUT2D eigenvalue weighted by Crippen LogP contribution is -2.36. The number of aliphatic hydroxyl groups excluding tert-OH is 1. The summed E-state index contributed by atoms with van der Waals surface area (Å²) in [4.78, 5) is 10.9. The molecule has 0 spiro atoms. The first-order valence-electron chi connectivity index (χ1n) is 4.52. The Kier molecular flexibility index (Phi) is 7.82. The van der Waals surface area contributed by atoms with E-state index < -0.39 is 38.0 Å². The zero-order valence-electron chi connectivity index (χ0n) is 8.34. The van der Waals surface area contributed by atoms with Crippen LogP contribution in [0.5, 0.6) is 0 Å². The molecule has 0 aliphatic heterocycles. The van der Waals surface area contributed by atoms with E-state index in [1.807, 2.05) is 5.32 Å². The lowest BCUT2D eigenvalue weighted by Gasteiger charge is -2.10. The second-order valence-corrected chi connectivity index (χ2v) is 2.92. The number of hydrogen-bond acceptors (Lipinski definition) is 3. The number of carbonyl (C=O) groups is 1. The summed E-state index contributed by atoms with van der Waals surface area (Å²) in [5, 5.41) is 10.6. The van der Waals surface area contributed by atoms with Crippen molar-refractivity contribution < 1.29 is 32.2 Å². The lowest BCUT2D eigenvalue weighted by molar-refractivity contribution is -0.123. The van der Waals surface area contributed by atoms with Crippen LogP contribution in [-0.4, -0.2) is 49.7 Å². The molecule has 0 heterocycles. The summed E-state index contributed by atoms with van der Waals surface area (Å²) in [6.45, 7) is -1.57. The fourth-order valence-corrected chi connectivity index (χ4v) is 0.733. The van der Waals surface area contributed by atoms with Gasteiger partial charge in [-0.05, 0) is 0 Å². The topological polar surface area (TPSA) is 58.6 Å². The number of hydrogen-bond donors (Lipinski definition) is 2. The van der Waals surface area contributed by atoms with Gasteiger partial charge in [-0.2, -0.15) is 0 Å². The van der Waals surface area contributed by atoms with E-state index in [4.69, 9.17) is 5.11 Å². The summed E-state index contributed by atoms with van der Waals surface area (Å²) in [6, 6.07) is 0. The van der Waals surface area contributed by atoms with Gasteiger partial charge >= 0.3 is 0 Å². The highest BCUT2D eigenvalue weighted by atomic mass is 19.3. The van der Waals surface area contributed by atoms with Crippen LogP contribution in [0, 0.1) is 0 Å². The van der Waals surface area contributed by atoms with E-state index in [2.05, 4.69) is 4.74 Å². The highest BCUT2D eigenvalue weighted by Gasteiger charge is 2.17. The van der Waals surface area contributed by atoms with Crippen LogP contribution in [0.15, 0.2) is 0 Å². The molecule has 1 atom stereocenters. The van der Waals surface area contributed by atoms with E-state index in [0.717, 1.165) is 0 Å². The van der Waals surface area contributed by atoms with Crippen molar-refractivity contribution in [3.05, 3.63) is 0 Å². The van der Waals surface area contributed by atoms with Crippen molar-refractivity contribution in [2.24, 2.45) is 0 Å². The third-order valence-electron chi connectivity index (χ3n) is 1.52. The minimum Gasteiger partial charge on any atom is -0.385 e. The molecule has 0 saturated carbocycles. The maximum absolute atomic E-state index is 11.8. The summed E-state index contributed by atoms with van der Waals surface area (Å²) < 4.78 is 51.0. The smallest absolute Gasteiger partial charge is 0.265 e. The van der Waals surface area contributed by atoms with Gasteiger partial charge in [0.2, 0.25) is 5.91 Å². The summed E-state index contributed by atoms with van der Waals surface area (Å²) in [6.07, 6.45) is -7.69. The Labute approximate surface area is 89.6 Å². The van der Waals surface area contributed by atoms with Gasteiger partial charge < -0.3 is 15.2 Å². The monoisotopic (exact) mass is 247 g/mol. The molecule has 0 saturated heterocycles. The van der Waals surface area contributed by atoms with Gasteiger partial charge in [0.25, 0.3) is 12.9 Å². The van der Waals surface area contributed by atoms with E-state index in [1.54, 1.807) is 0 Å². The molecule has 2 N–H and O–H groups in total. The Bertz CT molecular complexity index is 204. The minimum absolute atomic E-state index is 0.220.